The molecule has 0 saturated heterocycles. The van der Waals surface area contributed by atoms with Crippen LogP contribution in [0.3, 0.4) is 0 Å². The van der Waals surface area contributed by atoms with Crippen molar-refractivity contribution in [3.05, 3.63) is 75.9 Å². The van der Waals surface area contributed by atoms with Crippen LogP contribution in [0.1, 0.15) is 15.9 Å². The summed E-state index contributed by atoms with van der Waals surface area (Å²) in [5.74, 6) is -0.972. The maximum Gasteiger partial charge on any atom is 0.343 e. The molecule has 22 heavy (non-hydrogen) atoms. The predicted octanol–water partition coefficient (Wildman–Crippen LogP) is 3.46. The zero-order valence-corrected chi connectivity index (χ0v) is 11.6. The van der Waals surface area contributed by atoms with Gasteiger partial charge in [0.15, 0.2) is 0 Å². The van der Waals surface area contributed by atoms with Crippen LogP contribution in [-0.4, -0.2) is 5.97 Å². The van der Waals surface area contributed by atoms with Crippen molar-refractivity contribution in [3.8, 4) is 5.75 Å². The average molecular weight is 298 g/mol. The van der Waals surface area contributed by atoms with Crippen molar-refractivity contribution in [2.24, 2.45) is 0 Å². The predicted molar refractivity (Wildman–Crippen MR) is 78.6 cm³/mol. The summed E-state index contributed by atoms with van der Waals surface area (Å²) in [5, 5.41) is 0.755. The number of carbonyl (C=O) groups excluding carboxylic acids is 1. The quantitative estimate of drug-likeness (QED) is 0.413. The normalized spacial score (nSPS) is 10.6. The summed E-state index contributed by atoms with van der Waals surface area (Å²) in [6.07, 6.45) is 0. The highest BCUT2D eigenvalue weighted by Gasteiger charge is 2.11. The lowest BCUT2D eigenvalue weighted by molar-refractivity contribution is 0.0734. The van der Waals surface area contributed by atoms with Crippen LogP contribution in [0.5, 0.6) is 5.75 Å². The van der Waals surface area contributed by atoms with E-state index in [9.17, 15) is 14.0 Å². The van der Waals surface area contributed by atoms with E-state index in [2.05, 4.69) is 0 Å². The SMILES string of the molecule is Cc1cc(OC(=O)c2cccc(F)c2)cc2oc(=O)ccc12. The van der Waals surface area contributed by atoms with Gasteiger partial charge in [0, 0.05) is 17.5 Å². The fourth-order valence-electron chi connectivity index (χ4n) is 2.17. The molecule has 0 bridgehead atoms. The second-order valence-electron chi connectivity index (χ2n) is 4.81. The van der Waals surface area contributed by atoms with Gasteiger partial charge in [0.05, 0.1) is 5.56 Å². The highest BCUT2D eigenvalue weighted by atomic mass is 19.1. The Morgan fingerprint density at radius 3 is 2.73 bits per heavy atom. The van der Waals surface area contributed by atoms with Crippen molar-refractivity contribution in [2.45, 2.75) is 6.92 Å². The number of halogens is 1. The third-order valence-electron chi connectivity index (χ3n) is 3.19. The summed E-state index contributed by atoms with van der Waals surface area (Å²) in [4.78, 5) is 23.3. The summed E-state index contributed by atoms with van der Waals surface area (Å²) in [6.45, 7) is 1.81. The van der Waals surface area contributed by atoms with E-state index in [0.29, 0.717) is 5.58 Å². The molecular weight excluding hydrogens is 287 g/mol. The summed E-state index contributed by atoms with van der Waals surface area (Å²) in [6, 6.07) is 11.3. The first-order chi connectivity index (χ1) is 10.5. The number of aryl methyl sites for hydroxylation is 1. The van der Waals surface area contributed by atoms with Crippen LogP contribution < -0.4 is 10.4 Å². The van der Waals surface area contributed by atoms with Crippen LogP contribution in [0.4, 0.5) is 4.39 Å². The highest BCUT2D eigenvalue weighted by Crippen LogP contribution is 2.24. The maximum absolute atomic E-state index is 13.1. The molecule has 5 heteroatoms. The van der Waals surface area contributed by atoms with Crippen molar-refractivity contribution in [3.63, 3.8) is 0 Å². The Balaban J connectivity index is 1.97. The van der Waals surface area contributed by atoms with Gasteiger partial charge in [-0.05, 0) is 42.8 Å². The molecule has 3 aromatic rings. The first-order valence-electron chi connectivity index (χ1n) is 6.55. The van der Waals surface area contributed by atoms with Crippen molar-refractivity contribution in [2.75, 3.05) is 0 Å². The van der Waals surface area contributed by atoms with E-state index in [1.54, 1.807) is 12.1 Å². The Bertz CT molecular complexity index is 927. The third kappa shape index (κ3) is 2.74. The minimum Gasteiger partial charge on any atom is -0.423 e. The molecule has 1 heterocycles. The van der Waals surface area contributed by atoms with Crippen molar-refractivity contribution < 1.29 is 18.3 Å². The number of fused-ring (bicyclic) bond motifs is 1. The molecule has 0 saturated carbocycles. The molecule has 0 amide bonds. The van der Waals surface area contributed by atoms with Crippen LogP contribution in [0.25, 0.3) is 11.0 Å². The van der Waals surface area contributed by atoms with E-state index in [1.165, 1.54) is 30.3 Å². The molecule has 0 N–H and O–H groups in total. The van der Waals surface area contributed by atoms with E-state index in [0.717, 1.165) is 17.0 Å². The van der Waals surface area contributed by atoms with E-state index in [4.69, 9.17) is 9.15 Å². The fraction of sp³-hybridized carbons (Fsp3) is 0.0588. The minimum atomic E-state index is -0.684. The molecular formula is C17H11FO4. The zero-order chi connectivity index (χ0) is 15.7. The smallest absolute Gasteiger partial charge is 0.343 e. The minimum absolute atomic E-state index is 0.104. The molecule has 0 unspecified atom stereocenters. The molecule has 0 radical (unpaired) electrons. The van der Waals surface area contributed by atoms with E-state index in [-0.39, 0.29) is 11.3 Å². The monoisotopic (exact) mass is 298 g/mol. The Hall–Kier alpha value is -2.95. The van der Waals surface area contributed by atoms with Gasteiger partial charge in [-0.2, -0.15) is 0 Å². The number of carbonyl (C=O) groups is 1. The Labute approximate surface area is 124 Å². The van der Waals surface area contributed by atoms with Gasteiger partial charge < -0.3 is 9.15 Å². The molecule has 0 atom stereocenters. The van der Waals surface area contributed by atoms with Gasteiger partial charge in [0.1, 0.15) is 17.1 Å². The molecule has 0 spiro atoms. The second kappa shape index (κ2) is 5.44. The van der Waals surface area contributed by atoms with E-state index >= 15 is 0 Å². The van der Waals surface area contributed by atoms with Crippen LogP contribution in [0.15, 0.2) is 57.7 Å². The van der Waals surface area contributed by atoms with E-state index < -0.39 is 17.4 Å². The van der Waals surface area contributed by atoms with Gasteiger partial charge in [0.25, 0.3) is 0 Å². The highest BCUT2D eigenvalue weighted by molar-refractivity contribution is 5.92. The first-order valence-corrected chi connectivity index (χ1v) is 6.55. The molecule has 0 aliphatic heterocycles. The largest absolute Gasteiger partial charge is 0.423 e. The lowest BCUT2D eigenvalue weighted by Crippen LogP contribution is -2.09. The summed E-state index contributed by atoms with van der Waals surface area (Å²) in [7, 11) is 0. The lowest BCUT2D eigenvalue weighted by Gasteiger charge is -2.07. The fourth-order valence-corrected chi connectivity index (χ4v) is 2.17. The topological polar surface area (TPSA) is 56.5 Å². The number of ether oxygens (including phenoxy) is 1. The average Bonchev–Trinajstić information content (AvgIpc) is 2.46. The summed E-state index contributed by atoms with van der Waals surface area (Å²) < 4.78 is 23.4. The number of rotatable bonds is 2. The zero-order valence-electron chi connectivity index (χ0n) is 11.6. The standard InChI is InChI=1S/C17H11FO4/c1-10-7-13(9-15-14(10)5-6-16(19)22-15)21-17(20)11-3-2-4-12(18)8-11/h2-9H,1H3. The van der Waals surface area contributed by atoms with Gasteiger partial charge in [-0.15, -0.1) is 0 Å². The van der Waals surface area contributed by atoms with Crippen LogP contribution in [0, 0.1) is 12.7 Å². The number of hydrogen-bond donors (Lipinski definition) is 0. The van der Waals surface area contributed by atoms with Crippen molar-refractivity contribution >= 4 is 16.9 Å². The second-order valence-corrected chi connectivity index (χ2v) is 4.81. The van der Waals surface area contributed by atoms with Gasteiger partial charge in [-0.3, -0.25) is 0 Å². The molecule has 0 aliphatic carbocycles. The number of esters is 1. The third-order valence-corrected chi connectivity index (χ3v) is 3.19. The van der Waals surface area contributed by atoms with Crippen molar-refractivity contribution in [1.82, 2.24) is 0 Å². The van der Waals surface area contributed by atoms with Crippen molar-refractivity contribution in [1.29, 1.82) is 0 Å². The Morgan fingerprint density at radius 1 is 1.14 bits per heavy atom. The van der Waals surface area contributed by atoms with Gasteiger partial charge in [-0.25, -0.2) is 14.0 Å². The van der Waals surface area contributed by atoms with Gasteiger partial charge in [0.2, 0.25) is 0 Å². The van der Waals surface area contributed by atoms with Crippen LogP contribution in [0.2, 0.25) is 0 Å². The molecule has 1 aromatic heterocycles. The van der Waals surface area contributed by atoms with Crippen LogP contribution in [-0.2, 0) is 0 Å². The van der Waals surface area contributed by atoms with E-state index in [1.807, 2.05) is 6.92 Å². The molecule has 0 aliphatic rings. The summed E-state index contributed by atoms with van der Waals surface area (Å²) >= 11 is 0. The molecule has 3 rings (SSSR count). The molecule has 110 valence electrons. The molecule has 0 fully saturated rings. The van der Waals surface area contributed by atoms with Crippen LogP contribution >= 0.6 is 0 Å². The summed E-state index contributed by atoms with van der Waals surface area (Å²) in [5.41, 5.74) is 0.741. The Kier molecular flexibility index (Phi) is 3.47. The van der Waals surface area contributed by atoms with Gasteiger partial charge in [-0.1, -0.05) is 6.07 Å². The van der Waals surface area contributed by atoms with Gasteiger partial charge >= 0.3 is 11.6 Å². The number of hydrogen-bond acceptors (Lipinski definition) is 4. The Morgan fingerprint density at radius 2 is 1.95 bits per heavy atom. The maximum atomic E-state index is 13.1. The molecule has 4 nitrogen and oxygen atoms in total. The lowest BCUT2D eigenvalue weighted by atomic mass is 10.1. The molecule has 2 aromatic carbocycles. The first kappa shape index (κ1) is 14.0. The number of benzene rings is 2.